The van der Waals surface area contributed by atoms with Crippen molar-refractivity contribution in [1.29, 1.82) is 0 Å². The molecule has 0 aliphatic heterocycles. The van der Waals surface area contributed by atoms with E-state index >= 15 is 0 Å². The number of hydroxylamine groups is 2. The van der Waals surface area contributed by atoms with Gasteiger partial charge in [0.2, 0.25) is 0 Å². The van der Waals surface area contributed by atoms with Crippen molar-refractivity contribution in [1.82, 2.24) is 10.4 Å². The second-order valence-corrected chi connectivity index (χ2v) is 8.54. The van der Waals surface area contributed by atoms with Crippen LogP contribution in [0.4, 0.5) is 5.69 Å². The molecule has 0 spiro atoms. The Morgan fingerprint density at radius 2 is 1.48 bits per heavy atom. The molecule has 0 saturated heterocycles. The van der Waals surface area contributed by atoms with Crippen LogP contribution in [0.1, 0.15) is 17.3 Å². The van der Waals surface area contributed by atoms with Gasteiger partial charge in [-0.25, -0.2) is 5.06 Å². The van der Waals surface area contributed by atoms with E-state index in [1.807, 2.05) is 0 Å². The second kappa shape index (κ2) is 10.6. The first kappa shape index (κ1) is 23.8. The summed E-state index contributed by atoms with van der Waals surface area (Å²) >= 11 is 0. The van der Waals surface area contributed by atoms with Gasteiger partial charge in [0.15, 0.2) is 5.75 Å². The minimum atomic E-state index is -4.15. The van der Waals surface area contributed by atoms with Crippen LogP contribution >= 0.6 is 0 Å². The third-order valence-electron chi connectivity index (χ3n) is 4.52. The predicted octanol–water partition coefficient (Wildman–Crippen LogP) is 2.84. The Bertz CT molecular complexity index is 1190. The highest BCUT2D eigenvalue weighted by Crippen LogP contribution is 2.26. The first-order chi connectivity index (χ1) is 15.8. The fourth-order valence-electron chi connectivity index (χ4n) is 2.77. The van der Waals surface area contributed by atoms with Crippen molar-refractivity contribution >= 4 is 27.5 Å². The maximum absolute atomic E-state index is 13.4. The molecule has 172 valence electrons. The normalized spacial score (nSPS) is 10.8. The molecule has 9 nitrogen and oxygen atoms in total. The number of amides is 2. The molecule has 10 heteroatoms. The van der Waals surface area contributed by atoms with Crippen molar-refractivity contribution < 1.29 is 28.1 Å². The number of nitrogens with zero attached hydrogens (tertiary/aromatic N) is 2. The van der Waals surface area contributed by atoms with Crippen LogP contribution in [0.25, 0.3) is 0 Å². The Balaban J connectivity index is 1.82. The van der Waals surface area contributed by atoms with Crippen molar-refractivity contribution in [3.05, 3.63) is 90.5 Å². The highest BCUT2D eigenvalue weighted by molar-refractivity contribution is 7.92. The maximum Gasteiger partial charge on any atom is 0.295 e. The first-order valence-electron chi connectivity index (χ1n) is 10.0. The zero-order valence-electron chi connectivity index (χ0n) is 17.8. The summed E-state index contributed by atoms with van der Waals surface area (Å²) in [5, 5.41) is 12.2. The van der Waals surface area contributed by atoms with Crippen LogP contribution < -0.4 is 14.6 Å². The second-order valence-electron chi connectivity index (χ2n) is 6.79. The van der Waals surface area contributed by atoms with Crippen LogP contribution in [0.5, 0.6) is 5.75 Å². The number of carbonyl (C=O) groups is 2. The van der Waals surface area contributed by atoms with Gasteiger partial charge in [-0.2, -0.15) is 8.42 Å². The van der Waals surface area contributed by atoms with Gasteiger partial charge in [0.05, 0.1) is 17.1 Å². The molecule has 33 heavy (non-hydrogen) atoms. The summed E-state index contributed by atoms with van der Waals surface area (Å²) in [6.07, 6.45) is 0. The van der Waals surface area contributed by atoms with E-state index < -0.39 is 28.4 Å². The number of hydrogen-bond acceptors (Lipinski definition) is 6. The summed E-state index contributed by atoms with van der Waals surface area (Å²) in [6, 6.07) is 22.0. The smallest absolute Gasteiger partial charge is 0.295 e. The van der Waals surface area contributed by atoms with Crippen LogP contribution in [0, 0.1) is 0 Å². The molecule has 0 aliphatic carbocycles. The number of hydrogen-bond donors (Lipinski definition) is 2. The monoisotopic (exact) mass is 469 g/mol. The third kappa shape index (κ3) is 5.88. The summed E-state index contributed by atoms with van der Waals surface area (Å²) in [4.78, 5) is 29.5. The molecule has 0 unspecified atom stereocenters. The van der Waals surface area contributed by atoms with Crippen molar-refractivity contribution in [2.75, 3.05) is 17.6 Å². The number of nitrogens with one attached hydrogen (secondary N) is 1. The summed E-state index contributed by atoms with van der Waals surface area (Å²) in [5.41, 5.74) is 0.448. The lowest BCUT2D eigenvalue weighted by molar-refractivity contribution is -0.162. The maximum atomic E-state index is 13.4. The number of benzene rings is 3. The fourth-order valence-corrected chi connectivity index (χ4v) is 4.02. The third-order valence-corrected chi connectivity index (χ3v) is 6.11. The van der Waals surface area contributed by atoms with Crippen molar-refractivity contribution in [2.24, 2.45) is 0 Å². The van der Waals surface area contributed by atoms with Gasteiger partial charge in [0.25, 0.3) is 21.8 Å². The van der Waals surface area contributed by atoms with E-state index in [9.17, 15) is 23.2 Å². The number of rotatable bonds is 9. The molecule has 0 bridgehead atoms. The average Bonchev–Trinajstić information content (AvgIpc) is 2.86. The SMILES string of the molecule is CCN(O)C(=O)CNC(=O)c1ccc(S(=O)(=O)N(Oc2ccccc2)c2ccccc2)cc1. The van der Waals surface area contributed by atoms with E-state index in [2.05, 4.69) is 5.32 Å². The summed E-state index contributed by atoms with van der Waals surface area (Å²) in [6.45, 7) is 1.28. The number of anilines is 1. The molecule has 3 aromatic carbocycles. The minimum Gasteiger partial charge on any atom is -0.364 e. The largest absolute Gasteiger partial charge is 0.364 e. The molecule has 0 fully saturated rings. The van der Waals surface area contributed by atoms with E-state index in [1.54, 1.807) is 67.6 Å². The van der Waals surface area contributed by atoms with Gasteiger partial charge in [-0.3, -0.25) is 14.8 Å². The van der Waals surface area contributed by atoms with E-state index in [-0.39, 0.29) is 17.0 Å². The molecular formula is C23H23N3O6S. The van der Waals surface area contributed by atoms with Gasteiger partial charge in [0.1, 0.15) is 0 Å². The lowest BCUT2D eigenvalue weighted by atomic mass is 10.2. The van der Waals surface area contributed by atoms with E-state index in [1.165, 1.54) is 24.3 Å². The molecular weight excluding hydrogens is 446 g/mol. The number of carbonyl (C=O) groups excluding carboxylic acids is 2. The fraction of sp³-hybridized carbons (Fsp3) is 0.130. The summed E-state index contributed by atoms with van der Waals surface area (Å²) in [5.74, 6) is -0.922. The van der Waals surface area contributed by atoms with Gasteiger partial charge in [0, 0.05) is 12.1 Å². The van der Waals surface area contributed by atoms with Gasteiger partial charge in [-0.15, -0.1) is 0 Å². The molecule has 0 aromatic heterocycles. The van der Waals surface area contributed by atoms with E-state index in [0.29, 0.717) is 16.5 Å². The molecule has 0 radical (unpaired) electrons. The van der Waals surface area contributed by atoms with Gasteiger partial charge in [-0.1, -0.05) is 40.9 Å². The first-order valence-corrected chi connectivity index (χ1v) is 11.5. The molecule has 0 aliphatic rings. The quantitative estimate of drug-likeness (QED) is 0.368. The molecule has 2 amide bonds. The van der Waals surface area contributed by atoms with E-state index in [0.717, 1.165) is 4.47 Å². The van der Waals surface area contributed by atoms with Crippen molar-refractivity contribution in [3.63, 3.8) is 0 Å². The Morgan fingerprint density at radius 1 is 0.909 bits per heavy atom. The Morgan fingerprint density at radius 3 is 2.06 bits per heavy atom. The Kier molecular flexibility index (Phi) is 7.65. The molecule has 0 saturated carbocycles. The molecule has 3 rings (SSSR count). The topological polar surface area (TPSA) is 116 Å². The lowest BCUT2D eigenvalue weighted by Crippen LogP contribution is -2.38. The average molecular weight is 470 g/mol. The molecule has 0 heterocycles. The van der Waals surface area contributed by atoms with Crippen LogP contribution in [0.15, 0.2) is 89.8 Å². The number of para-hydroxylation sites is 2. The number of sulfonamides is 1. The lowest BCUT2D eigenvalue weighted by Gasteiger charge is -2.24. The standard InChI is InChI=1S/C23H23N3O6S/c1-2-25(29)22(27)17-24-23(28)18-13-15-21(16-14-18)33(30,31)26(19-9-5-3-6-10-19)32-20-11-7-4-8-12-20/h3-16,29H,2,17H2,1H3,(H,24,28). The Labute approximate surface area is 191 Å². The molecule has 0 atom stereocenters. The van der Waals surface area contributed by atoms with Crippen LogP contribution in [-0.4, -0.2) is 43.6 Å². The number of likely N-dealkylation sites (N-methyl/N-ethyl adjacent to an activating group) is 1. The highest BCUT2D eigenvalue weighted by atomic mass is 32.2. The molecule has 3 aromatic rings. The molecule has 2 N–H and O–H groups in total. The predicted molar refractivity (Wildman–Crippen MR) is 121 cm³/mol. The van der Waals surface area contributed by atoms with Crippen molar-refractivity contribution in [3.8, 4) is 5.75 Å². The van der Waals surface area contributed by atoms with E-state index in [4.69, 9.17) is 4.84 Å². The van der Waals surface area contributed by atoms with Gasteiger partial charge in [-0.05, 0) is 55.5 Å². The van der Waals surface area contributed by atoms with Crippen LogP contribution in [-0.2, 0) is 14.8 Å². The van der Waals surface area contributed by atoms with Crippen LogP contribution in [0.2, 0.25) is 0 Å². The zero-order chi connectivity index (χ0) is 23.8. The zero-order valence-corrected chi connectivity index (χ0v) is 18.6. The Hall–Kier alpha value is -3.89. The van der Waals surface area contributed by atoms with Crippen molar-refractivity contribution in [2.45, 2.75) is 11.8 Å². The van der Waals surface area contributed by atoms with Crippen LogP contribution in [0.3, 0.4) is 0 Å². The highest BCUT2D eigenvalue weighted by Gasteiger charge is 2.27. The summed E-state index contributed by atoms with van der Waals surface area (Å²) < 4.78 is 27.5. The van der Waals surface area contributed by atoms with Gasteiger partial charge < -0.3 is 10.2 Å². The minimum absolute atomic E-state index is 0.0875. The summed E-state index contributed by atoms with van der Waals surface area (Å²) in [7, 11) is -4.15. The van der Waals surface area contributed by atoms with Gasteiger partial charge >= 0.3 is 0 Å².